The summed E-state index contributed by atoms with van der Waals surface area (Å²) in [7, 11) is -9.97. The minimum absolute atomic E-state index is 0.0379. The van der Waals surface area contributed by atoms with Crippen LogP contribution in [0.5, 0.6) is 0 Å². The first-order chi connectivity index (χ1) is 48.7. The first-order valence-electron chi connectivity index (χ1n) is 39.5. The number of carbonyl (C=O) groups excluding carboxylic acids is 4. The molecule has 0 amide bonds. The number of hydrogen-bond donors (Lipinski definition) is 3. The molecular weight excluding hydrogens is 1310 g/mol. The molecule has 0 aromatic heterocycles. The molecule has 0 bridgehead atoms. The van der Waals surface area contributed by atoms with Crippen LogP contribution in [0.25, 0.3) is 0 Å². The zero-order valence-electron chi connectivity index (χ0n) is 63.1. The van der Waals surface area contributed by atoms with Crippen molar-refractivity contribution >= 4 is 39.5 Å². The Morgan fingerprint density at radius 3 is 0.870 bits per heavy atom. The van der Waals surface area contributed by atoms with E-state index in [1.807, 2.05) is 18.2 Å². The number of hydrogen-bond acceptors (Lipinski definition) is 15. The zero-order chi connectivity index (χ0) is 73.2. The molecule has 2 unspecified atom stereocenters. The second kappa shape index (κ2) is 73.3. The molecule has 0 heterocycles. The van der Waals surface area contributed by atoms with Crippen molar-refractivity contribution in [1.29, 1.82) is 0 Å². The Morgan fingerprint density at radius 2 is 0.540 bits per heavy atom. The van der Waals surface area contributed by atoms with Crippen LogP contribution in [0.15, 0.2) is 97.2 Å². The van der Waals surface area contributed by atoms with Gasteiger partial charge in [0.15, 0.2) is 12.2 Å². The van der Waals surface area contributed by atoms with E-state index >= 15 is 0 Å². The summed E-state index contributed by atoms with van der Waals surface area (Å²) in [5.41, 5.74) is 0. The second-order valence-corrected chi connectivity index (χ2v) is 29.2. The van der Waals surface area contributed by atoms with Crippen LogP contribution in [0.4, 0.5) is 0 Å². The molecule has 0 saturated carbocycles. The van der Waals surface area contributed by atoms with E-state index in [0.29, 0.717) is 32.1 Å². The number of aliphatic hydroxyl groups is 1. The molecule has 0 rings (SSSR count). The van der Waals surface area contributed by atoms with Gasteiger partial charge in [-0.15, -0.1) is 0 Å². The van der Waals surface area contributed by atoms with Crippen LogP contribution in [-0.4, -0.2) is 96.7 Å². The number of phosphoric ester groups is 2. The Kier molecular flexibility index (Phi) is 70.4. The number of unbranched alkanes of at least 4 members (excludes halogenated alkanes) is 32. The molecule has 0 aromatic rings. The summed E-state index contributed by atoms with van der Waals surface area (Å²) in [6.07, 6.45) is 76.9. The maximum Gasteiger partial charge on any atom is 0.472 e. The van der Waals surface area contributed by atoms with Gasteiger partial charge in [-0.3, -0.25) is 37.3 Å². The van der Waals surface area contributed by atoms with Gasteiger partial charge in [0.25, 0.3) is 0 Å². The summed E-state index contributed by atoms with van der Waals surface area (Å²) in [4.78, 5) is 72.9. The van der Waals surface area contributed by atoms with Gasteiger partial charge < -0.3 is 33.8 Å². The monoisotopic (exact) mass is 1450 g/mol. The molecule has 0 spiro atoms. The molecule has 0 aromatic carbocycles. The number of rotatable bonds is 74. The van der Waals surface area contributed by atoms with Crippen LogP contribution in [0, 0.1) is 0 Å². The van der Waals surface area contributed by atoms with Gasteiger partial charge in [-0.2, -0.15) is 0 Å². The molecule has 0 aliphatic heterocycles. The summed E-state index contributed by atoms with van der Waals surface area (Å²) in [6.45, 7) is 4.67. The van der Waals surface area contributed by atoms with E-state index in [1.165, 1.54) is 116 Å². The van der Waals surface area contributed by atoms with Gasteiger partial charge in [0.1, 0.15) is 19.3 Å². The third-order valence-electron chi connectivity index (χ3n) is 16.5. The molecule has 0 aliphatic rings. The van der Waals surface area contributed by atoms with Crippen molar-refractivity contribution in [3.63, 3.8) is 0 Å². The predicted molar refractivity (Wildman–Crippen MR) is 409 cm³/mol. The van der Waals surface area contributed by atoms with Crippen molar-refractivity contribution in [1.82, 2.24) is 0 Å². The molecule has 0 saturated heterocycles. The fourth-order valence-corrected chi connectivity index (χ4v) is 12.1. The summed E-state index contributed by atoms with van der Waals surface area (Å²) < 4.78 is 68.5. The molecule has 578 valence electrons. The Bertz CT molecular complexity index is 2270. The summed E-state index contributed by atoms with van der Waals surface area (Å²) >= 11 is 0. The van der Waals surface area contributed by atoms with Crippen LogP contribution in [0.3, 0.4) is 0 Å². The SMILES string of the molecule is CC/C=C\C/C=C\C/C=C\C/C=C\C/C=C\C/C=C\CCC(=O)OC[C@H](COP(=O)(O)OC[C@@H](O)COP(=O)(O)OC[C@@H](COC(=O)CCCCCCC/C=C\CCCCCC)OC(=O)CCCCCCC/C=C\CCCCCC)OC(=O)CCCCCCCCCCCCCCCCC. The highest BCUT2D eigenvalue weighted by Gasteiger charge is 2.30. The van der Waals surface area contributed by atoms with E-state index in [0.717, 1.165) is 135 Å². The van der Waals surface area contributed by atoms with Crippen LogP contribution in [0.1, 0.15) is 336 Å². The number of phosphoric acid groups is 2. The molecule has 0 radical (unpaired) electrons. The van der Waals surface area contributed by atoms with E-state index in [2.05, 4.69) is 107 Å². The van der Waals surface area contributed by atoms with Crippen molar-refractivity contribution in [3.05, 3.63) is 97.2 Å². The highest BCUT2D eigenvalue weighted by atomic mass is 31.2. The second-order valence-electron chi connectivity index (χ2n) is 26.3. The van der Waals surface area contributed by atoms with Crippen LogP contribution in [-0.2, 0) is 65.4 Å². The quantitative estimate of drug-likeness (QED) is 0.0169. The van der Waals surface area contributed by atoms with Crippen molar-refractivity contribution in [3.8, 4) is 0 Å². The molecule has 0 aliphatic carbocycles. The lowest BCUT2D eigenvalue weighted by molar-refractivity contribution is -0.161. The van der Waals surface area contributed by atoms with Gasteiger partial charge in [-0.05, 0) is 116 Å². The lowest BCUT2D eigenvalue weighted by atomic mass is 10.0. The number of ether oxygens (including phenoxy) is 4. The molecule has 3 N–H and O–H groups in total. The lowest BCUT2D eigenvalue weighted by Gasteiger charge is -2.21. The average Bonchev–Trinajstić information content (AvgIpc) is 0.946. The standard InChI is InChI=1S/C81H142O17P2/c1-5-9-13-17-21-25-29-33-35-36-37-38-40-43-46-50-54-58-62-66-79(84)92-72-77(98-81(86)68-64-60-56-52-48-44-39-34-30-26-22-18-14-10-6-2)74-96-100(89,90)94-70-75(82)69-93-99(87,88)95-73-76(97-80(85)67-63-59-55-51-47-42-32-28-24-20-16-12-8-4)71-91-78(83)65-61-57-53-49-45-41-31-27-23-19-15-11-7-3/h9,13,21,25,27-28,31-33,35,37-38,43,46,54,58,75-77,82H,5-8,10-12,14-20,22-24,26,29-30,34,36,39-42,44-45,47-53,55-57,59-74H2,1-4H3,(H,87,88)(H,89,90)/b13-9-,25-21-,31-27-,32-28-,35-33-,38-37-,46-43-,58-54-/t75-,76+,77+/m0/s1. The Labute approximate surface area is 607 Å². The smallest absolute Gasteiger partial charge is 0.462 e. The minimum atomic E-state index is -4.99. The van der Waals surface area contributed by atoms with Gasteiger partial charge in [-0.25, -0.2) is 9.13 Å². The van der Waals surface area contributed by atoms with Crippen LogP contribution >= 0.6 is 15.6 Å². The van der Waals surface area contributed by atoms with Gasteiger partial charge in [0, 0.05) is 25.7 Å². The largest absolute Gasteiger partial charge is 0.472 e. The maximum absolute atomic E-state index is 13.1. The topological polar surface area (TPSA) is 237 Å². The first-order valence-corrected chi connectivity index (χ1v) is 42.5. The summed E-state index contributed by atoms with van der Waals surface area (Å²) in [5.74, 6) is -2.27. The van der Waals surface area contributed by atoms with Crippen molar-refractivity contribution in [2.24, 2.45) is 0 Å². The third kappa shape index (κ3) is 72.3. The fraction of sp³-hybridized carbons (Fsp3) is 0.753. The van der Waals surface area contributed by atoms with Gasteiger partial charge in [0.05, 0.1) is 26.4 Å². The fourth-order valence-electron chi connectivity index (χ4n) is 10.5. The Balaban J connectivity index is 5.40. The van der Waals surface area contributed by atoms with Gasteiger partial charge in [-0.1, -0.05) is 292 Å². The lowest BCUT2D eigenvalue weighted by Crippen LogP contribution is -2.30. The van der Waals surface area contributed by atoms with E-state index in [1.54, 1.807) is 0 Å². The predicted octanol–water partition coefficient (Wildman–Crippen LogP) is 22.8. The molecule has 0 fully saturated rings. The Hall–Kier alpha value is -4.02. The zero-order valence-corrected chi connectivity index (χ0v) is 64.9. The number of allylic oxidation sites excluding steroid dienone is 16. The van der Waals surface area contributed by atoms with E-state index in [-0.39, 0.29) is 25.7 Å². The highest BCUT2D eigenvalue weighted by Crippen LogP contribution is 2.45. The minimum Gasteiger partial charge on any atom is -0.462 e. The number of esters is 4. The van der Waals surface area contributed by atoms with Crippen molar-refractivity contribution in [2.45, 2.75) is 354 Å². The molecule has 100 heavy (non-hydrogen) atoms. The molecule has 17 nitrogen and oxygen atoms in total. The molecular formula is C81H142O17P2. The normalized spacial score (nSPS) is 14.4. The highest BCUT2D eigenvalue weighted by molar-refractivity contribution is 7.47. The number of aliphatic hydroxyl groups excluding tert-OH is 1. The van der Waals surface area contributed by atoms with Crippen LogP contribution < -0.4 is 0 Å². The average molecular weight is 1450 g/mol. The summed E-state index contributed by atoms with van der Waals surface area (Å²) in [5, 5.41) is 10.6. The van der Waals surface area contributed by atoms with Crippen molar-refractivity contribution < 1.29 is 80.2 Å². The van der Waals surface area contributed by atoms with Crippen LogP contribution in [0.2, 0.25) is 0 Å². The number of carbonyl (C=O) groups is 4. The molecule has 19 heteroatoms. The summed E-state index contributed by atoms with van der Waals surface area (Å²) in [6, 6.07) is 0. The first kappa shape index (κ1) is 96.0. The van der Waals surface area contributed by atoms with E-state index in [4.69, 9.17) is 37.0 Å². The van der Waals surface area contributed by atoms with Crippen molar-refractivity contribution in [2.75, 3.05) is 39.6 Å². The third-order valence-corrected chi connectivity index (χ3v) is 18.4. The Morgan fingerprint density at radius 1 is 0.290 bits per heavy atom. The van der Waals surface area contributed by atoms with E-state index < -0.39 is 97.5 Å². The van der Waals surface area contributed by atoms with E-state index in [9.17, 15) is 43.2 Å². The molecule has 5 atom stereocenters. The maximum atomic E-state index is 13.1. The van der Waals surface area contributed by atoms with Gasteiger partial charge in [0.2, 0.25) is 0 Å². The van der Waals surface area contributed by atoms with Gasteiger partial charge >= 0.3 is 39.5 Å².